The van der Waals surface area contributed by atoms with Gasteiger partial charge in [0.05, 0.1) is 40.4 Å². The van der Waals surface area contributed by atoms with Gasteiger partial charge in [-0.25, -0.2) is 4.98 Å². The third-order valence-corrected chi connectivity index (χ3v) is 5.21. The molecule has 1 fully saturated rings. The van der Waals surface area contributed by atoms with E-state index < -0.39 is 35.0 Å². The molecule has 2 aromatic rings. The maximum atomic E-state index is 13.5. The zero-order valence-corrected chi connectivity index (χ0v) is 15.7. The van der Waals surface area contributed by atoms with E-state index in [-0.39, 0.29) is 24.2 Å². The van der Waals surface area contributed by atoms with Crippen molar-refractivity contribution in [3.8, 4) is 0 Å². The van der Waals surface area contributed by atoms with Gasteiger partial charge < -0.3 is 5.32 Å². The highest BCUT2D eigenvalue weighted by molar-refractivity contribution is 6.01. The van der Waals surface area contributed by atoms with Crippen molar-refractivity contribution in [2.24, 2.45) is 0 Å². The van der Waals surface area contributed by atoms with Crippen LogP contribution >= 0.6 is 0 Å². The van der Waals surface area contributed by atoms with Gasteiger partial charge in [-0.05, 0) is 38.7 Å². The first kappa shape index (κ1) is 19.5. The summed E-state index contributed by atoms with van der Waals surface area (Å²) in [6.45, 7) is 1.67. The maximum absolute atomic E-state index is 13.5. The largest absolute Gasteiger partial charge is 0.417 e. The molecule has 2 aromatic heterocycles. The minimum Gasteiger partial charge on any atom is -0.343 e. The Hall–Kier alpha value is -2.84. The summed E-state index contributed by atoms with van der Waals surface area (Å²) in [6, 6.07) is 0.100. The molecule has 0 radical (unpaired) electrons. The second-order valence-electron chi connectivity index (χ2n) is 7.49. The van der Waals surface area contributed by atoms with Gasteiger partial charge in [-0.2, -0.15) is 13.2 Å². The SMILES string of the molecule is CC(NC(=O)c1cc(C(F)(F)F)c2c(n1)CCCC2=O)c1cnc(C2CC2)cn1. The normalized spacial score (nSPS) is 17.6. The molecule has 152 valence electrons. The molecule has 1 saturated carbocycles. The van der Waals surface area contributed by atoms with E-state index in [2.05, 4.69) is 20.3 Å². The van der Waals surface area contributed by atoms with Crippen molar-refractivity contribution >= 4 is 11.7 Å². The predicted molar refractivity (Wildman–Crippen MR) is 96.4 cm³/mol. The number of hydrogen-bond acceptors (Lipinski definition) is 5. The Morgan fingerprint density at radius 1 is 1.21 bits per heavy atom. The van der Waals surface area contributed by atoms with Gasteiger partial charge in [-0.15, -0.1) is 0 Å². The van der Waals surface area contributed by atoms with Gasteiger partial charge in [0.15, 0.2) is 5.78 Å². The first-order valence-electron chi connectivity index (χ1n) is 9.51. The van der Waals surface area contributed by atoms with Crippen molar-refractivity contribution in [3.05, 3.63) is 52.4 Å². The number of aryl methyl sites for hydroxylation is 1. The average Bonchev–Trinajstić information content (AvgIpc) is 3.52. The number of nitrogens with zero attached hydrogens (tertiary/aromatic N) is 3. The molecule has 1 N–H and O–H groups in total. The summed E-state index contributed by atoms with van der Waals surface area (Å²) in [4.78, 5) is 37.3. The van der Waals surface area contributed by atoms with Crippen LogP contribution in [0.4, 0.5) is 13.2 Å². The van der Waals surface area contributed by atoms with E-state index in [1.54, 1.807) is 19.3 Å². The van der Waals surface area contributed by atoms with E-state index in [1.165, 1.54) is 0 Å². The number of alkyl halides is 3. The van der Waals surface area contributed by atoms with Crippen LogP contribution in [0, 0.1) is 0 Å². The molecule has 1 unspecified atom stereocenters. The number of carbonyl (C=O) groups excluding carboxylic acids is 2. The molecule has 0 saturated heterocycles. The number of hydrogen-bond donors (Lipinski definition) is 1. The Kier molecular flexibility index (Phi) is 4.84. The summed E-state index contributed by atoms with van der Waals surface area (Å²) in [7, 11) is 0. The third-order valence-electron chi connectivity index (χ3n) is 5.21. The Morgan fingerprint density at radius 2 is 1.97 bits per heavy atom. The lowest BCUT2D eigenvalue weighted by molar-refractivity contribution is -0.138. The van der Waals surface area contributed by atoms with Crippen LogP contribution in [0.15, 0.2) is 18.5 Å². The zero-order valence-electron chi connectivity index (χ0n) is 15.7. The van der Waals surface area contributed by atoms with Crippen molar-refractivity contribution in [1.29, 1.82) is 0 Å². The van der Waals surface area contributed by atoms with Gasteiger partial charge in [-0.3, -0.25) is 19.6 Å². The third kappa shape index (κ3) is 3.99. The van der Waals surface area contributed by atoms with E-state index in [0.29, 0.717) is 24.1 Å². The molecule has 2 heterocycles. The van der Waals surface area contributed by atoms with Crippen LogP contribution in [0.1, 0.15) is 88.1 Å². The molecule has 0 aromatic carbocycles. The topological polar surface area (TPSA) is 84.8 Å². The van der Waals surface area contributed by atoms with Crippen LogP contribution in [0.2, 0.25) is 0 Å². The molecule has 0 spiro atoms. The zero-order chi connectivity index (χ0) is 20.8. The summed E-state index contributed by atoms with van der Waals surface area (Å²) in [5.41, 5.74) is -0.425. The summed E-state index contributed by atoms with van der Waals surface area (Å²) in [6.07, 6.45) is 1.37. The monoisotopic (exact) mass is 404 g/mol. The standard InChI is InChI=1S/C20H19F3N4O2/c1-10(15-8-25-16(9-24-15)11-5-6-11)26-19(29)14-7-12(20(21,22)23)18-13(27-14)3-2-4-17(18)28/h7-11H,2-6H2,1H3,(H,26,29). The minimum absolute atomic E-state index is 0.0301. The fraction of sp³-hybridized carbons (Fsp3) is 0.450. The van der Waals surface area contributed by atoms with E-state index in [1.807, 2.05) is 0 Å². The van der Waals surface area contributed by atoms with E-state index in [9.17, 15) is 22.8 Å². The first-order valence-corrected chi connectivity index (χ1v) is 9.51. The van der Waals surface area contributed by atoms with Gasteiger partial charge in [0, 0.05) is 18.5 Å². The number of nitrogens with one attached hydrogen (secondary N) is 1. The molecule has 1 amide bonds. The number of amides is 1. The lowest BCUT2D eigenvalue weighted by Crippen LogP contribution is -2.30. The smallest absolute Gasteiger partial charge is 0.343 e. The predicted octanol–water partition coefficient (Wildman–Crippen LogP) is 3.78. The molecule has 4 rings (SSSR count). The molecule has 9 heteroatoms. The van der Waals surface area contributed by atoms with Crippen LogP contribution in [0.3, 0.4) is 0 Å². The highest BCUT2D eigenvalue weighted by atomic mass is 19.4. The second-order valence-corrected chi connectivity index (χ2v) is 7.49. The summed E-state index contributed by atoms with van der Waals surface area (Å²) >= 11 is 0. The summed E-state index contributed by atoms with van der Waals surface area (Å²) in [5, 5.41) is 2.62. The quantitative estimate of drug-likeness (QED) is 0.838. The average molecular weight is 404 g/mol. The number of Topliss-reactive ketones (excluding diaryl/α,β-unsaturated/α-hetero) is 1. The second kappa shape index (κ2) is 7.20. The molecule has 0 aliphatic heterocycles. The summed E-state index contributed by atoms with van der Waals surface area (Å²) < 4.78 is 40.5. The molecular formula is C20H19F3N4O2. The highest BCUT2D eigenvalue weighted by Gasteiger charge is 2.39. The number of pyridine rings is 1. The lowest BCUT2D eigenvalue weighted by atomic mass is 9.90. The molecule has 6 nitrogen and oxygen atoms in total. The van der Waals surface area contributed by atoms with Crippen molar-refractivity contribution in [3.63, 3.8) is 0 Å². The molecule has 0 bridgehead atoms. The Morgan fingerprint density at radius 3 is 2.59 bits per heavy atom. The fourth-order valence-electron chi connectivity index (χ4n) is 3.48. The Balaban J connectivity index is 1.58. The number of rotatable bonds is 4. The van der Waals surface area contributed by atoms with Crippen LogP contribution in [0.25, 0.3) is 0 Å². The Bertz CT molecular complexity index is 969. The number of fused-ring (bicyclic) bond motifs is 1. The molecule has 29 heavy (non-hydrogen) atoms. The number of carbonyl (C=O) groups is 2. The van der Waals surface area contributed by atoms with Gasteiger partial charge in [0.25, 0.3) is 5.91 Å². The maximum Gasteiger partial charge on any atom is 0.417 e. The van der Waals surface area contributed by atoms with Crippen LogP contribution in [-0.2, 0) is 12.6 Å². The molecule has 1 atom stereocenters. The van der Waals surface area contributed by atoms with Crippen molar-refractivity contribution in [1.82, 2.24) is 20.3 Å². The highest BCUT2D eigenvalue weighted by Crippen LogP contribution is 2.38. The summed E-state index contributed by atoms with van der Waals surface area (Å²) in [5.74, 6) is -0.890. The lowest BCUT2D eigenvalue weighted by Gasteiger charge is -2.21. The van der Waals surface area contributed by atoms with Crippen LogP contribution in [0.5, 0.6) is 0 Å². The number of aromatic nitrogens is 3. The minimum atomic E-state index is -4.75. The van der Waals surface area contributed by atoms with Crippen molar-refractivity contribution in [2.45, 2.75) is 57.2 Å². The first-order chi connectivity index (χ1) is 13.7. The van der Waals surface area contributed by atoms with Gasteiger partial charge >= 0.3 is 6.18 Å². The van der Waals surface area contributed by atoms with E-state index in [0.717, 1.165) is 18.5 Å². The molecule has 2 aliphatic rings. The van der Waals surface area contributed by atoms with Crippen LogP contribution < -0.4 is 5.32 Å². The van der Waals surface area contributed by atoms with Gasteiger partial charge in [0.1, 0.15) is 5.69 Å². The number of halogens is 3. The Labute approximate surface area is 165 Å². The van der Waals surface area contributed by atoms with Crippen LogP contribution in [-0.4, -0.2) is 26.6 Å². The van der Waals surface area contributed by atoms with Crippen molar-refractivity contribution in [2.75, 3.05) is 0 Å². The van der Waals surface area contributed by atoms with Gasteiger partial charge in [0.2, 0.25) is 0 Å². The van der Waals surface area contributed by atoms with E-state index in [4.69, 9.17) is 0 Å². The van der Waals surface area contributed by atoms with Crippen molar-refractivity contribution < 1.29 is 22.8 Å². The number of ketones is 1. The van der Waals surface area contributed by atoms with Gasteiger partial charge in [-0.1, -0.05) is 0 Å². The van der Waals surface area contributed by atoms with E-state index >= 15 is 0 Å². The molecule has 2 aliphatic carbocycles. The molecular weight excluding hydrogens is 385 g/mol. The fourth-order valence-corrected chi connectivity index (χ4v) is 3.48.